The van der Waals surface area contributed by atoms with Crippen molar-refractivity contribution in [2.75, 3.05) is 0 Å². The van der Waals surface area contributed by atoms with Gasteiger partial charge in [0.25, 0.3) is 0 Å². The van der Waals surface area contributed by atoms with Crippen LogP contribution >= 0.6 is 11.6 Å². The molecule has 0 amide bonds. The van der Waals surface area contributed by atoms with Gasteiger partial charge in [-0.05, 0) is 47.9 Å². The third-order valence-electron chi connectivity index (χ3n) is 2.88. The van der Waals surface area contributed by atoms with Gasteiger partial charge in [0, 0.05) is 5.02 Å². The summed E-state index contributed by atoms with van der Waals surface area (Å²) in [7, 11) is 0. The van der Waals surface area contributed by atoms with Gasteiger partial charge in [0.15, 0.2) is 0 Å². The second kappa shape index (κ2) is 6.10. The Kier molecular flexibility index (Phi) is 4.47. The summed E-state index contributed by atoms with van der Waals surface area (Å²) in [5, 5.41) is 0.457. The summed E-state index contributed by atoms with van der Waals surface area (Å²) in [6, 6.07) is 9.89. The molecule has 0 aromatic heterocycles. The third kappa shape index (κ3) is 3.50. The molecule has 1 atom stereocenters. The highest BCUT2D eigenvalue weighted by atomic mass is 35.5. The van der Waals surface area contributed by atoms with Crippen molar-refractivity contribution >= 4 is 11.6 Å². The predicted octanol–water partition coefficient (Wildman–Crippen LogP) is 3.37. The molecule has 2 rings (SSSR count). The molecule has 0 aliphatic carbocycles. The second-order valence-electron chi connectivity index (χ2n) is 4.21. The molecule has 19 heavy (non-hydrogen) atoms. The summed E-state index contributed by atoms with van der Waals surface area (Å²) in [5.41, 5.74) is 3.90. The van der Waals surface area contributed by atoms with Gasteiger partial charge in [-0.1, -0.05) is 23.7 Å². The summed E-state index contributed by atoms with van der Waals surface area (Å²) >= 11 is 6.01. The standard InChI is InChI=1S/C14H13ClF2N2/c15-13-5-4-12(17)7-10(13)8-14(19-18)9-2-1-3-11(16)6-9/h1-7,14,19H,8,18H2. The monoisotopic (exact) mass is 282 g/mol. The summed E-state index contributed by atoms with van der Waals surface area (Å²) < 4.78 is 26.4. The van der Waals surface area contributed by atoms with Gasteiger partial charge in [-0.2, -0.15) is 0 Å². The van der Waals surface area contributed by atoms with E-state index in [-0.39, 0.29) is 17.7 Å². The minimum absolute atomic E-state index is 0.338. The van der Waals surface area contributed by atoms with Crippen molar-refractivity contribution in [2.24, 2.45) is 5.84 Å². The molecule has 0 saturated heterocycles. The first-order valence-electron chi connectivity index (χ1n) is 5.75. The van der Waals surface area contributed by atoms with Gasteiger partial charge in [-0.3, -0.25) is 11.3 Å². The Morgan fingerprint density at radius 1 is 1.11 bits per heavy atom. The lowest BCUT2D eigenvalue weighted by atomic mass is 9.99. The van der Waals surface area contributed by atoms with Crippen molar-refractivity contribution in [3.63, 3.8) is 0 Å². The maximum absolute atomic E-state index is 13.2. The molecule has 0 fully saturated rings. The molecule has 0 spiro atoms. The summed E-state index contributed by atoms with van der Waals surface area (Å²) in [4.78, 5) is 0. The van der Waals surface area contributed by atoms with E-state index in [1.165, 1.54) is 30.3 Å². The lowest BCUT2D eigenvalue weighted by Gasteiger charge is -2.17. The smallest absolute Gasteiger partial charge is 0.123 e. The Morgan fingerprint density at radius 2 is 1.84 bits per heavy atom. The van der Waals surface area contributed by atoms with Crippen molar-refractivity contribution in [1.29, 1.82) is 0 Å². The molecule has 0 aliphatic heterocycles. The maximum Gasteiger partial charge on any atom is 0.123 e. The Labute approximate surface area is 115 Å². The first kappa shape index (κ1) is 13.9. The van der Waals surface area contributed by atoms with E-state index >= 15 is 0 Å². The number of nitrogens with one attached hydrogen (secondary N) is 1. The minimum atomic E-state index is -0.366. The van der Waals surface area contributed by atoms with Crippen LogP contribution in [0.4, 0.5) is 8.78 Å². The van der Waals surface area contributed by atoms with Crippen LogP contribution in [0.2, 0.25) is 5.02 Å². The highest BCUT2D eigenvalue weighted by molar-refractivity contribution is 6.31. The number of rotatable bonds is 4. The molecule has 0 aliphatic rings. The molecule has 100 valence electrons. The van der Waals surface area contributed by atoms with Crippen molar-refractivity contribution in [1.82, 2.24) is 5.43 Å². The molecule has 0 saturated carbocycles. The van der Waals surface area contributed by atoms with Crippen molar-refractivity contribution in [3.8, 4) is 0 Å². The molecule has 0 bridgehead atoms. The molecule has 2 aromatic carbocycles. The zero-order chi connectivity index (χ0) is 13.8. The molecule has 0 heterocycles. The van der Waals surface area contributed by atoms with Gasteiger partial charge in [-0.25, -0.2) is 8.78 Å². The van der Waals surface area contributed by atoms with Crippen LogP contribution in [0.3, 0.4) is 0 Å². The highest BCUT2D eigenvalue weighted by Crippen LogP contribution is 2.24. The van der Waals surface area contributed by atoms with Gasteiger partial charge < -0.3 is 0 Å². The summed E-state index contributed by atoms with van der Waals surface area (Å²) in [6.07, 6.45) is 0.372. The number of halogens is 3. The fraction of sp³-hybridized carbons (Fsp3) is 0.143. The zero-order valence-electron chi connectivity index (χ0n) is 10.0. The predicted molar refractivity (Wildman–Crippen MR) is 71.6 cm³/mol. The van der Waals surface area contributed by atoms with Crippen LogP contribution in [0, 0.1) is 11.6 Å². The van der Waals surface area contributed by atoms with Crippen molar-refractivity contribution < 1.29 is 8.78 Å². The zero-order valence-corrected chi connectivity index (χ0v) is 10.8. The normalized spacial score (nSPS) is 12.4. The quantitative estimate of drug-likeness (QED) is 0.666. The number of hydrogen-bond donors (Lipinski definition) is 2. The van der Waals surface area contributed by atoms with E-state index in [9.17, 15) is 8.78 Å². The topological polar surface area (TPSA) is 38.0 Å². The lowest BCUT2D eigenvalue weighted by molar-refractivity contribution is 0.542. The fourth-order valence-electron chi connectivity index (χ4n) is 1.92. The van der Waals surface area contributed by atoms with Gasteiger partial charge >= 0.3 is 0 Å². The molecule has 1 unspecified atom stereocenters. The number of benzene rings is 2. The van der Waals surface area contributed by atoms with E-state index in [0.717, 1.165) is 0 Å². The van der Waals surface area contributed by atoms with Gasteiger partial charge in [0.05, 0.1) is 6.04 Å². The van der Waals surface area contributed by atoms with Gasteiger partial charge in [0.1, 0.15) is 11.6 Å². The molecule has 3 N–H and O–H groups in total. The van der Waals surface area contributed by atoms with E-state index in [4.69, 9.17) is 17.4 Å². The van der Waals surface area contributed by atoms with Crippen LogP contribution in [-0.2, 0) is 6.42 Å². The molecule has 2 nitrogen and oxygen atoms in total. The summed E-state index contributed by atoms with van der Waals surface area (Å²) in [6.45, 7) is 0. The van der Waals surface area contributed by atoms with E-state index in [2.05, 4.69) is 5.43 Å². The van der Waals surface area contributed by atoms with Crippen LogP contribution in [0.5, 0.6) is 0 Å². The Balaban J connectivity index is 2.26. The van der Waals surface area contributed by atoms with E-state index < -0.39 is 0 Å². The summed E-state index contributed by atoms with van der Waals surface area (Å²) in [5.74, 6) is 4.77. The van der Waals surface area contributed by atoms with E-state index in [1.807, 2.05) is 0 Å². The SMILES string of the molecule is NNC(Cc1cc(F)ccc1Cl)c1cccc(F)c1. The number of hydrazine groups is 1. The van der Waals surface area contributed by atoms with Crippen molar-refractivity contribution in [2.45, 2.75) is 12.5 Å². The Bertz CT molecular complexity index is 575. The van der Waals surface area contributed by atoms with E-state index in [1.54, 1.807) is 12.1 Å². The van der Waals surface area contributed by atoms with Gasteiger partial charge in [-0.15, -0.1) is 0 Å². The van der Waals surface area contributed by atoms with Crippen LogP contribution in [0.25, 0.3) is 0 Å². The average molecular weight is 283 g/mol. The van der Waals surface area contributed by atoms with Crippen LogP contribution in [0.1, 0.15) is 17.2 Å². The largest absolute Gasteiger partial charge is 0.271 e. The first-order chi connectivity index (χ1) is 9.10. The molecular weight excluding hydrogens is 270 g/mol. The van der Waals surface area contributed by atoms with Crippen LogP contribution in [0.15, 0.2) is 42.5 Å². The maximum atomic E-state index is 13.2. The minimum Gasteiger partial charge on any atom is -0.271 e. The Morgan fingerprint density at radius 3 is 2.53 bits per heavy atom. The molecular formula is C14H13ClF2N2. The molecule has 0 radical (unpaired) electrons. The molecule has 2 aromatic rings. The Hall–Kier alpha value is -1.49. The van der Waals surface area contributed by atoms with E-state index in [0.29, 0.717) is 22.6 Å². The highest BCUT2D eigenvalue weighted by Gasteiger charge is 2.13. The lowest BCUT2D eigenvalue weighted by Crippen LogP contribution is -2.29. The van der Waals surface area contributed by atoms with Crippen molar-refractivity contribution in [3.05, 3.63) is 70.2 Å². The fourth-order valence-corrected chi connectivity index (χ4v) is 2.11. The van der Waals surface area contributed by atoms with Crippen LogP contribution < -0.4 is 11.3 Å². The third-order valence-corrected chi connectivity index (χ3v) is 3.25. The number of hydrogen-bond acceptors (Lipinski definition) is 2. The average Bonchev–Trinajstić information content (AvgIpc) is 2.39. The molecule has 5 heteroatoms. The van der Waals surface area contributed by atoms with Crippen LogP contribution in [-0.4, -0.2) is 0 Å². The first-order valence-corrected chi connectivity index (χ1v) is 6.13. The van der Waals surface area contributed by atoms with Gasteiger partial charge in [0.2, 0.25) is 0 Å². The second-order valence-corrected chi connectivity index (χ2v) is 4.62. The number of nitrogens with two attached hydrogens (primary N) is 1.